The fourth-order valence-electron chi connectivity index (χ4n) is 2.88. The summed E-state index contributed by atoms with van der Waals surface area (Å²) in [5, 5.41) is 4.02. The summed E-state index contributed by atoms with van der Waals surface area (Å²) in [4.78, 5) is 24.9. The minimum absolute atomic E-state index is 0.0160. The van der Waals surface area contributed by atoms with Crippen LogP contribution in [0.15, 0.2) is 58.2 Å². The number of hydrogen-bond donors (Lipinski definition) is 0. The molecule has 0 radical (unpaired) electrons. The van der Waals surface area contributed by atoms with Gasteiger partial charge >= 0.3 is 16.1 Å². The van der Waals surface area contributed by atoms with Crippen molar-refractivity contribution in [3.8, 4) is 17.2 Å². The molecule has 9 nitrogen and oxygen atoms in total. The van der Waals surface area contributed by atoms with Crippen molar-refractivity contribution >= 4 is 16.1 Å². The van der Waals surface area contributed by atoms with Gasteiger partial charge in [-0.1, -0.05) is 18.2 Å². The van der Waals surface area contributed by atoms with Crippen LogP contribution in [0.25, 0.3) is 5.69 Å². The zero-order valence-corrected chi connectivity index (χ0v) is 18.8. The quantitative estimate of drug-likeness (QED) is 0.392. The van der Waals surface area contributed by atoms with Crippen LogP contribution in [0.5, 0.6) is 11.5 Å². The molecule has 0 bridgehead atoms. The molecule has 0 amide bonds. The number of esters is 1. The highest BCUT2D eigenvalue weighted by molar-refractivity contribution is 7.87. The lowest BCUT2D eigenvalue weighted by molar-refractivity contribution is 0.0515. The van der Waals surface area contributed by atoms with Crippen LogP contribution in [0.3, 0.4) is 0 Å². The van der Waals surface area contributed by atoms with Crippen LogP contribution in [0.4, 0.5) is 0 Å². The van der Waals surface area contributed by atoms with Gasteiger partial charge in [0.15, 0.2) is 5.75 Å². The lowest BCUT2D eigenvalue weighted by atomic mass is 10.1. The fraction of sp³-hybridized carbons (Fsp3) is 0.227. The van der Waals surface area contributed by atoms with E-state index in [-0.39, 0.29) is 17.3 Å². The van der Waals surface area contributed by atoms with Crippen molar-refractivity contribution in [1.29, 1.82) is 0 Å². The number of rotatable bonds is 7. The van der Waals surface area contributed by atoms with Gasteiger partial charge in [-0.2, -0.15) is 18.2 Å². The van der Waals surface area contributed by atoms with E-state index in [0.717, 1.165) is 16.3 Å². The summed E-state index contributed by atoms with van der Waals surface area (Å²) in [6, 6.07) is 12.2. The minimum Gasteiger partial charge on any atom is -0.495 e. The summed E-state index contributed by atoms with van der Waals surface area (Å²) < 4.78 is 42.5. The Labute approximate surface area is 185 Å². The first kappa shape index (κ1) is 23.0. The van der Waals surface area contributed by atoms with Gasteiger partial charge in [0, 0.05) is 0 Å². The number of carbonyl (C=O) groups excluding carboxylic acids is 1. The molecule has 0 aliphatic carbocycles. The third kappa shape index (κ3) is 4.65. The zero-order chi connectivity index (χ0) is 23.5. The predicted molar refractivity (Wildman–Crippen MR) is 116 cm³/mol. The van der Waals surface area contributed by atoms with Gasteiger partial charge in [-0.05, 0) is 56.2 Å². The number of aryl methyl sites for hydroxylation is 2. The van der Waals surface area contributed by atoms with E-state index in [2.05, 4.69) is 5.10 Å². The topological polar surface area (TPSA) is 114 Å². The SMILES string of the molecule is CCOC(=O)c1nn(-c2ccccc2)c(=O)cc1OS(=O)(=O)c1cc(C)c(C)cc1OC. The molecule has 0 atom stereocenters. The number of methoxy groups -OCH3 is 1. The number of carbonyl (C=O) groups is 1. The average molecular weight is 458 g/mol. The van der Waals surface area contributed by atoms with E-state index in [4.69, 9.17) is 13.7 Å². The second kappa shape index (κ2) is 9.23. The molecule has 0 saturated heterocycles. The summed E-state index contributed by atoms with van der Waals surface area (Å²) in [6.45, 7) is 5.14. The van der Waals surface area contributed by atoms with Crippen LogP contribution in [0.2, 0.25) is 0 Å². The van der Waals surface area contributed by atoms with Gasteiger partial charge in [0.05, 0.1) is 25.5 Å². The fourth-order valence-corrected chi connectivity index (χ4v) is 4.04. The number of nitrogens with zero attached hydrogens (tertiary/aromatic N) is 2. The molecule has 0 N–H and O–H groups in total. The molecule has 3 rings (SSSR count). The summed E-state index contributed by atoms with van der Waals surface area (Å²) in [7, 11) is -3.15. The van der Waals surface area contributed by atoms with Gasteiger partial charge in [0.2, 0.25) is 5.69 Å². The van der Waals surface area contributed by atoms with E-state index >= 15 is 0 Å². The predicted octanol–water partition coefficient (Wildman–Crippen LogP) is 2.80. The van der Waals surface area contributed by atoms with E-state index in [1.807, 2.05) is 0 Å². The Bertz CT molecular complexity index is 1320. The Morgan fingerprint density at radius 2 is 1.69 bits per heavy atom. The van der Waals surface area contributed by atoms with Gasteiger partial charge in [-0.3, -0.25) is 4.79 Å². The second-order valence-corrected chi connectivity index (χ2v) is 8.30. The molecule has 2 aromatic carbocycles. The standard InChI is InChI=1S/C22H22N2O7S/c1-5-30-22(26)21-18(13-20(25)24(23-21)16-9-7-6-8-10-16)31-32(27,28)19-12-15(3)14(2)11-17(19)29-4/h6-13H,5H2,1-4H3. The van der Waals surface area contributed by atoms with Crippen LogP contribution in [-0.4, -0.2) is 37.9 Å². The highest BCUT2D eigenvalue weighted by atomic mass is 32.2. The molecule has 10 heteroatoms. The summed E-state index contributed by atoms with van der Waals surface area (Å²) in [6.07, 6.45) is 0. The van der Waals surface area contributed by atoms with Crippen LogP contribution in [-0.2, 0) is 14.9 Å². The van der Waals surface area contributed by atoms with Crippen molar-refractivity contribution in [2.45, 2.75) is 25.7 Å². The smallest absolute Gasteiger partial charge is 0.362 e. The third-order valence-corrected chi connectivity index (χ3v) is 5.87. The Hall–Kier alpha value is -3.66. The maximum atomic E-state index is 13.1. The molecule has 0 saturated carbocycles. The van der Waals surface area contributed by atoms with Gasteiger partial charge in [-0.15, -0.1) is 0 Å². The molecule has 1 aromatic heterocycles. The number of para-hydroxylation sites is 1. The molecule has 0 spiro atoms. The van der Waals surface area contributed by atoms with Crippen LogP contribution < -0.4 is 14.5 Å². The second-order valence-electron chi connectivity index (χ2n) is 6.79. The summed E-state index contributed by atoms with van der Waals surface area (Å²) >= 11 is 0. The maximum Gasteiger partial charge on any atom is 0.362 e. The normalized spacial score (nSPS) is 11.1. The van der Waals surface area contributed by atoms with E-state index in [1.54, 1.807) is 57.2 Å². The van der Waals surface area contributed by atoms with Crippen LogP contribution in [0, 0.1) is 13.8 Å². The number of hydrogen-bond acceptors (Lipinski definition) is 8. The third-order valence-electron chi connectivity index (χ3n) is 4.62. The lowest BCUT2D eigenvalue weighted by Crippen LogP contribution is -2.26. The highest BCUT2D eigenvalue weighted by Gasteiger charge is 2.28. The first-order valence-electron chi connectivity index (χ1n) is 9.64. The summed E-state index contributed by atoms with van der Waals surface area (Å²) in [5.41, 5.74) is 0.743. The van der Waals surface area contributed by atoms with Crippen molar-refractivity contribution in [2.24, 2.45) is 0 Å². The monoisotopic (exact) mass is 458 g/mol. The van der Waals surface area contributed by atoms with Crippen molar-refractivity contribution in [3.05, 3.63) is 75.7 Å². The summed E-state index contributed by atoms with van der Waals surface area (Å²) in [5.74, 6) is -1.41. The molecule has 1 heterocycles. The number of benzene rings is 2. The minimum atomic E-state index is -4.48. The van der Waals surface area contributed by atoms with Crippen molar-refractivity contribution in [2.75, 3.05) is 13.7 Å². The Balaban J connectivity index is 2.15. The average Bonchev–Trinajstić information content (AvgIpc) is 2.75. The van der Waals surface area contributed by atoms with Gasteiger partial charge in [0.1, 0.15) is 10.6 Å². The molecule has 0 fully saturated rings. The largest absolute Gasteiger partial charge is 0.495 e. The molecule has 0 aliphatic rings. The Kier molecular flexibility index (Phi) is 6.64. The Morgan fingerprint density at radius 3 is 2.31 bits per heavy atom. The molecule has 0 aliphatic heterocycles. The van der Waals surface area contributed by atoms with Crippen molar-refractivity contribution in [1.82, 2.24) is 9.78 Å². The molecule has 0 unspecified atom stereocenters. The molecule has 168 valence electrons. The maximum absolute atomic E-state index is 13.1. The molecular weight excluding hydrogens is 436 g/mol. The first-order valence-corrected chi connectivity index (χ1v) is 11.1. The number of aromatic nitrogens is 2. The van der Waals surface area contributed by atoms with Crippen molar-refractivity contribution < 1.29 is 26.9 Å². The first-order chi connectivity index (χ1) is 15.2. The van der Waals surface area contributed by atoms with Crippen LogP contribution in [0.1, 0.15) is 28.5 Å². The van der Waals surface area contributed by atoms with Crippen molar-refractivity contribution in [3.63, 3.8) is 0 Å². The van der Waals surface area contributed by atoms with E-state index in [1.165, 1.54) is 13.2 Å². The zero-order valence-electron chi connectivity index (χ0n) is 18.0. The Morgan fingerprint density at radius 1 is 1.03 bits per heavy atom. The van der Waals surface area contributed by atoms with Crippen LogP contribution >= 0.6 is 0 Å². The van der Waals surface area contributed by atoms with Gasteiger partial charge < -0.3 is 13.7 Å². The molecule has 32 heavy (non-hydrogen) atoms. The van der Waals surface area contributed by atoms with Gasteiger partial charge in [-0.25, -0.2) is 4.79 Å². The molecule has 3 aromatic rings. The van der Waals surface area contributed by atoms with E-state index in [9.17, 15) is 18.0 Å². The highest BCUT2D eigenvalue weighted by Crippen LogP contribution is 2.30. The van der Waals surface area contributed by atoms with E-state index < -0.39 is 33.1 Å². The lowest BCUT2D eigenvalue weighted by Gasteiger charge is -2.15. The number of ether oxygens (including phenoxy) is 2. The van der Waals surface area contributed by atoms with E-state index in [0.29, 0.717) is 11.3 Å². The molecular formula is C22H22N2O7S. The van der Waals surface area contributed by atoms with Gasteiger partial charge in [0.25, 0.3) is 5.56 Å².